The maximum atomic E-state index is 12.2. The van der Waals surface area contributed by atoms with Crippen LogP contribution in [-0.4, -0.2) is 36.8 Å². The number of amides is 1. The van der Waals surface area contributed by atoms with Crippen LogP contribution in [0.15, 0.2) is 24.3 Å². The zero-order chi connectivity index (χ0) is 19.0. The molecule has 1 atom stereocenters. The molecule has 1 amide bonds. The Kier molecular flexibility index (Phi) is 7.42. The van der Waals surface area contributed by atoms with Gasteiger partial charge in [0.05, 0.1) is 18.8 Å². The van der Waals surface area contributed by atoms with Crippen molar-refractivity contribution < 1.29 is 28.6 Å². The molecule has 1 aromatic rings. The van der Waals surface area contributed by atoms with Crippen LogP contribution < -0.4 is 5.32 Å². The first-order valence-corrected chi connectivity index (χ1v) is 8.11. The largest absolute Gasteiger partial charge is 0.464 e. The van der Waals surface area contributed by atoms with Crippen molar-refractivity contribution in [1.29, 1.82) is 0 Å². The molecular formula is C18H25NO6. The monoisotopic (exact) mass is 351 g/mol. The molecule has 0 aliphatic rings. The highest BCUT2D eigenvalue weighted by Crippen LogP contribution is 2.18. The summed E-state index contributed by atoms with van der Waals surface area (Å²) < 4.78 is 15.1. The van der Waals surface area contributed by atoms with Crippen molar-refractivity contribution >= 4 is 18.0 Å². The number of carbonyl (C=O) groups excluding carboxylic acids is 3. The number of hydrogen-bond donors (Lipinski definition) is 1. The van der Waals surface area contributed by atoms with Gasteiger partial charge in [0, 0.05) is 0 Å². The van der Waals surface area contributed by atoms with E-state index < -0.39 is 29.7 Å². The van der Waals surface area contributed by atoms with Crippen molar-refractivity contribution in [2.75, 3.05) is 13.2 Å². The number of nitrogens with one attached hydrogen (secondary N) is 1. The van der Waals surface area contributed by atoms with Gasteiger partial charge in [-0.2, -0.15) is 0 Å². The van der Waals surface area contributed by atoms with Crippen LogP contribution in [0.25, 0.3) is 0 Å². The minimum absolute atomic E-state index is 0.156. The average molecular weight is 351 g/mol. The lowest BCUT2D eigenvalue weighted by molar-refractivity contribution is -0.145. The first-order chi connectivity index (χ1) is 11.7. The summed E-state index contributed by atoms with van der Waals surface area (Å²) in [7, 11) is 0. The Morgan fingerprint density at radius 1 is 1.08 bits per heavy atom. The van der Waals surface area contributed by atoms with E-state index in [4.69, 9.17) is 14.2 Å². The topological polar surface area (TPSA) is 90.9 Å². The number of rotatable bonds is 6. The summed E-state index contributed by atoms with van der Waals surface area (Å²) in [4.78, 5) is 36.2. The van der Waals surface area contributed by atoms with E-state index in [1.807, 2.05) is 0 Å². The predicted octanol–water partition coefficient (Wildman–Crippen LogP) is 2.99. The molecule has 1 aromatic carbocycles. The Bertz CT molecular complexity index is 620. The van der Waals surface area contributed by atoms with Crippen LogP contribution >= 0.6 is 0 Å². The van der Waals surface area contributed by atoms with Gasteiger partial charge in [-0.05, 0) is 52.3 Å². The van der Waals surface area contributed by atoms with E-state index >= 15 is 0 Å². The summed E-state index contributed by atoms with van der Waals surface area (Å²) in [5, 5.41) is 2.48. The van der Waals surface area contributed by atoms with Crippen molar-refractivity contribution in [3.05, 3.63) is 35.4 Å². The minimum atomic E-state index is -1.09. The SMILES string of the molecule is CCOC(=O)c1cccc(C(NC(=O)OC(C)(C)C)C(=O)OCC)c1. The van der Waals surface area contributed by atoms with Gasteiger partial charge in [-0.25, -0.2) is 14.4 Å². The Morgan fingerprint density at radius 2 is 1.72 bits per heavy atom. The van der Waals surface area contributed by atoms with Gasteiger partial charge in [-0.15, -0.1) is 0 Å². The smallest absolute Gasteiger partial charge is 0.408 e. The van der Waals surface area contributed by atoms with E-state index in [1.165, 1.54) is 6.07 Å². The van der Waals surface area contributed by atoms with Crippen molar-refractivity contribution in [3.8, 4) is 0 Å². The van der Waals surface area contributed by atoms with E-state index in [-0.39, 0.29) is 18.8 Å². The van der Waals surface area contributed by atoms with Crippen molar-refractivity contribution in [3.63, 3.8) is 0 Å². The normalized spacial score (nSPS) is 12.0. The molecule has 7 nitrogen and oxygen atoms in total. The van der Waals surface area contributed by atoms with Crippen LogP contribution in [0, 0.1) is 0 Å². The van der Waals surface area contributed by atoms with Gasteiger partial charge in [-0.3, -0.25) is 0 Å². The minimum Gasteiger partial charge on any atom is -0.464 e. The fourth-order valence-corrected chi connectivity index (χ4v) is 1.99. The number of alkyl carbamates (subject to hydrolysis) is 1. The van der Waals surface area contributed by atoms with Crippen LogP contribution in [0.2, 0.25) is 0 Å². The van der Waals surface area contributed by atoms with Gasteiger partial charge in [0.25, 0.3) is 0 Å². The van der Waals surface area contributed by atoms with Gasteiger partial charge in [-0.1, -0.05) is 12.1 Å². The Balaban J connectivity index is 3.07. The van der Waals surface area contributed by atoms with Crippen molar-refractivity contribution in [1.82, 2.24) is 5.32 Å². The maximum absolute atomic E-state index is 12.2. The molecule has 0 fully saturated rings. The number of carbonyl (C=O) groups is 3. The number of ether oxygens (including phenoxy) is 3. The van der Waals surface area contributed by atoms with Gasteiger partial charge < -0.3 is 19.5 Å². The van der Waals surface area contributed by atoms with E-state index in [1.54, 1.807) is 52.8 Å². The number of hydrogen-bond acceptors (Lipinski definition) is 6. The lowest BCUT2D eigenvalue weighted by Gasteiger charge is -2.23. The molecule has 138 valence electrons. The second kappa shape index (κ2) is 9.05. The van der Waals surface area contributed by atoms with Gasteiger partial charge in [0.1, 0.15) is 5.60 Å². The molecule has 0 aliphatic heterocycles. The molecule has 0 saturated heterocycles. The Hall–Kier alpha value is -2.57. The third-order valence-electron chi connectivity index (χ3n) is 2.91. The number of benzene rings is 1. The maximum Gasteiger partial charge on any atom is 0.408 e. The molecule has 1 rings (SSSR count). The molecule has 1 N–H and O–H groups in total. The average Bonchev–Trinajstić information content (AvgIpc) is 2.51. The molecule has 0 aromatic heterocycles. The fraction of sp³-hybridized carbons (Fsp3) is 0.500. The molecule has 0 spiro atoms. The second-order valence-electron chi connectivity index (χ2n) is 6.18. The lowest BCUT2D eigenvalue weighted by Crippen LogP contribution is -2.38. The van der Waals surface area contributed by atoms with Crippen LogP contribution in [0.5, 0.6) is 0 Å². The molecular weight excluding hydrogens is 326 g/mol. The van der Waals surface area contributed by atoms with E-state index in [2.05, 4.69) is 5.32 Å². The summed E-state index contributed by atoms with van der Waals surface area (Å²) in [5.74, 6) is -1.15. The van der Waals surface area contributed by atoms with Gasteiger partial charge in [0.2, 0.25) is 0 Å². The van der Waals surface area contributed by atoms with Crippen LogP contribution in [0.4, 0.5) is 4.79 Å². The molecule has 7 heteroatoms. The molecule has 1 unspecified atom stereocenters. The summed E-state index contributed by atoms with van der Waals surface area (Å²) in [6.45, 7) is 8.90. The molecule has 0 heterocycles. The highest BCUT2D eigenvalue weighted by molar-refractivity contribution is 5.90. The van der Waals surface area contributed by atoms with Crippen LogP contribution in [-0.2, 0) is 19.0 Å². The summed E-state index contributed by atoms with van der Waals surface area (Å²) in [6, 6.07) is 5.17. The molecule has 0 saturated carbocycles. The summed E-state index contributed by atoms with van der Waals surface area (Å²) in [6.07, 6.45) is -0.757. The van der Waals surface area contributed by atoms with Crippen LogP contribution in [0.3, 0.4) is 0 Å². The summed E-state index contributed by atoms with van der Waals surface area (Å²) in [5.41, 5.74) is -0.0368. The van der Waals surface area contributed by atoms with Crippen LogP contribution in [0.1, 0.15) is 56.6 Å². The highest BCUT2D eigenvalue weighted by atomic mass is 16.6. The standard InChI is InChI=1S/C18H25NO6/c1-6-23-15(20)13-10-8-9-12(11-13)14(16(21)24-7-2)19-17(22)25-18(3,4)5/h8-11,14H,6-7H2,1-5H3,(H,19,22). The zero-order valence-corrected chi connectivity index (χ0v) is 15.3. The molecule has 0 aliphatic carbocycles. The van der Waals surface area contributed by atoms with Crippen molar-refractivity contribution in [2.45, 2.75) is 46.3 Å². The fourth-order valence-electron chi connectivity index (χ4n) is 1.99. The van der Waals surface area contributed by atoms with Gasteiger partial charge >= 0.3 is 18.0 Å². The first kappa shape index (κ1) is 20.5. The zero-order valence-electron chi connectivity index (χ0n) is 15.3. The number of esters is 2. The Morgan fingerprint density at radius 3 is 2.28 bits per heavy atom. The second-order valence-corrected chi connectivity index (χ2v) is 6.18. The molecule has 0 bridgehead atoms. The quantitative estimate of drug-likeness (QED) is 0.626. The summed E-state index contributed by atoms with van der Waals surface area (Å²) >= 11 is 0. The van der Waals surface area contributed by atoms with E-state index in [9.17, 15) is 14.4 Å². The van der Waals surface area contributed by atoms with Gasteiger partial charge in [0.15, 0.2) is 6.04 Å². The predicted molar refractivity (Wildman–Crippen MR) is 91.1 cm³/mol. The van der Waals surface area contributed by atoms with Crippen molar-refractivity contribution in [2.24, 2.45) is 0 Å². The first-order valence-electron chi connectivity index (χ1n) is 8.11. The third-order valence-corrected chi connectivity index (χ3v) is 2.91. The third kappa shape index (κ3) is 6.82. The van der Waals surface area contributed by atoms with E-state index in [0.717, 1.165) is 0 Å². The highest BCUT2D eigenvalue weighted by Gasteiger charge is 2.27. The van der Waals surface area contributed by atoms with E-state index in [0.29, 0.717) is 5.56 Å². The Labute approximate surface area is 147 Å². The molecule has 25 heavy (non-hydrogen) atoms. The molecule has 0 radical (unpaired) electrons. The lowest BCUT2D eigenvalue weighted by atomic mass is 10.0.